The van der Waals surface area contributed by atoms with Gasteiger partial charge in [0.1, 0.15) is 0 Å². The number of rotatable bonds is 12. The first kappa shape index (κ1) is 24.3. The lowest BCUT2D eigenvalue weighted by Crippen LogP contribution is -2.06. The lowest BCUT2D eigenvalue weighted by Gasteiger charge is -1.98. The fourth-order valence-corrected chi connectivity index (χ4v) is 1.94. The van der Waals surface area contributed by atoms with Crippen LogP contribution < -0.4 is 5.32 Å². The standard InChI is InChI=1S/C9H21N.C8H18.ClH/c1-3-4-5-6-7-8-9-10-2;1-3-5-7-8-6-4-2;/h10H,3-9H2,1-2H3;3-8H2,1-2H3;1H. The second kappa shape index (κ2) is 26.7. The Morgan fingerprint density at radius 3 is 1.16 bits per heavy atom. The van der Waals surface area contributed by atoms with Gasteiger partial charge in [-0.1, -0.05) is 91.4 Å². The molecule has 0 aromatic carbocycles. The van der Waals surface area contributed by atoms with Crippen LogP contribution in [0.3, 0.4) is 0 Å². The lowest BCUT2D eigenvalue weighted by atomic mass is 10.1. The Balaban J connectivity index is -0.000000262. The Labute approximate surface area is 129 Å². The second-order valence-electron chi connectivity index (χ2n) is 5.29. The SMILES string of the molecule is CCCCCCCC.CCCCCCCCNC.Cl. The molecular formula is C17H40ClN. The molecule has 0 bridgehead atoms. The fraction of sp³-hybridized carbons (Fsp3) is 1.00. The van der Waals surface area contributed by atoms with Crippen LogP contribution in [0.4, 0.5) is 0 Å². The van der Waals surface area contributed by atoms with Gasteiger partial charge in [0.15, 0.2) is 0 Å². The van der Waals surface area contributed by atoms with E-state index in [4.69, 9.17) is 0 Å². The van der Waals surface area contributed by atoms with Gasteiger partial charge in [0, 0.05) is 0 Å². The molecule has 0 spiro atoms. The van der Waals surface area contributed by atoms with E-state index >= 15 is 0 Å². The first-order valence-corrected chi connectivity index (χ1v) is 8.47. The highest BCUT2D eigenvalue weighted by atomic mass is 35.5. The normalized spacial score (nSPS) is 9.47. The van der Waals surface area contributed by atoms with Gasteiger partial charge in [-0.3, -0.25) is 0 Å². The average molecular weight is 294 g/mol. The van der Waals surface area contributed by atoms with Crippen LogP contribution in [0.1, 0.15) is 97.8 Å². The van der Waals surface area contributed by atoms with Gasteiger partial charge in [0.05, 0.1) is 0 Å². The summed E-state index contributed by atoms with van der Waals surface area (Å²) in [6.07, 6.45) is 16.9. The van der Waals surface area contributed by atoms with Gasteiger partial charge in [-0.25, -0.2) is 0 Å². The third kappa shape index (κ3) is 32.1. The third-order valence-corrected chi connectivity index (χ3v) is 3.24. The third-order valence-electron chi connectivity index (χ3n) is 3.24. The molecule has 0 radical (unpaired) electrons. The first-order valence-electron chi connectivity index (χ1n) is 8.47. The van der Waals surface area contributed by atoms with Gasteiger partial charge in [0.2, 0.25) is 0 Å². The van der Waals surface area contributed by atoms with Gasteiger partial charge in [0.25, 0.3) is 0 Å². The van der Waals surface area contributed by atoms with Crippen LogP contribution in [-0.4, -0.2) is 13.6 Å². The largest absolute Gasteiger partial charge is 0.320 e. The fourth-order valence-electron chi connectivity index (χ4n) is 1.94. The highest BCUT2D eigenvalue weighted by Gasteiger charge is 1.87. The molecule has 0 aliphatic carbocycles. The molecule has 0 aliphatic heterocycles. The van der Waals surface area contributed by atoms with Crippen LogP contribution in [0.25, 0.3) is 0 Å². The van der Waals surface area contributed by atoms with Crippen molar-refractivity contribution in [2.24, 2.45) is 0 Å². The quantitative estimate of drug-likeness (QED) is 0.413. The van der Waals surface area contributed by atoms with Crippen molar-refractivity contribution < 1.29 is 0 Å². The molecule has 0 aromatic rings. The van der Waals surface area contributed by atoms with Gasteiger partial charge < -0.3 is 5.32 Å². The monoisotopic (exact) mass is 293 g/mol. The number of nitrogens with one attached hydrogen (secondary N) is 1. The minimum absolute atomic E-state index is 0. The van der Waals surface area contributed by atoms with Crippen LogP contribution >= 0.6 is 12.4 Å². The molecule has 0 saturated carbocycles. The van der Waals surface area contributed by atoms with Crippen molar-refractivity contribution in [3.8, 4) is 0 Å². The Hall–Kier alpha value is 0.250. The minimum Gasteiger partial charge on any atom is -0.320 e. The van der Waals surface area contributed by atoms with Crippen molar-refractivity contribution >= 4 is 12.4 Å². The van der Waals surface area contributed by atoms with E-state index in [2.05, 4.69) is 26.1 Å². The molecule has 2 heteroatoms. The Bertz CT molecular complexity index is 104. The van der Waals surface area contributed by atoms with E-state index in [9.17, 15) is 0 Å². The molecule has 0 aliphatic rings. The highest BCUT2D eigenvalue weighted by Crippen LogP contribution is 2.04. The number of halogens is 1. The van der Waals surface area contributed by atoms with Gasteiger partial charge in [-0.15, -0.1) is 12.4 Å². The number of hydrogen-bond donors (Lipinski definition) is 1. The maximum absolute atomic E-state index is 3.16. The summed E-state index contributed by atoms with van der Waals surface area (Å²) in [5, 5.41) is 3.16. The maximum atomic E-state index is 3.16. The van der Waals surface area contributed by atoms with E-state index in [1.54, 1.807) is 0 Å². The van der Waals surface area contributed by atoms with Crippen LogP contribution in [0.15, 0.2) is 0 Å². The molecule has 0 saturated heterocycles. The van der Waals surface area contributed by atoms with E-state index in [0.717, 1.165) is 0 Å². The summed E-state index contributed by atoms with van der Waals surface area (Å²) in [5.41, 5.74) is 0. The van der Waals surface area contributed by atoms with Crippen molar-refractivity contribution in [1.29, 1.82) is 0 Å². The summed E-state index contributed by atoms with van der Waals surface area (Å²) < 4.78 is 0. The minimum atomic E-state index is 0. The Kier molecular flexibility index (Phi) is 34.2. The Morgan fingerprint density at radius 2 is 0.842 bits per heavy atom. The Morgan fingerprint density at radius 1 is 0.526 bits per heavy atom. The summed E-state index contributed by atoms with van der Waals surface area (Å²) in [6, 6.07) is 0. The van der Waals surface area contributed by atoms with Crippen LogP contribution in [0.5, 0.6) is 0 Å². The summed E-state index contributed by atoms with van der Waals surface area (Å²) in [7, 11) is 2.02. The highest BCUT2D eigenvalue weighted by molar-refractivity contribution is 5.85. The zero-order valence-electron chi connectivity index (χ0n) is 14.1. The summed E-state index contributed by atoms with van der Waals surface area (Å²) in [5.74, 6) is 0. The lowest BCUT2D eigenvalue weighted by molar-refractivity contribution is 0.592. The molecule has 0 aromatic heterocycles. The molecule has 0 unspecified atom stereocenters. The molecule has 0 fully saturated rings. The molecular weight excluding hydrogens is 254 g/mol. The molecule has 0 atom stereocenters. The smallest absolute Gasteiger partial charge is 0.00519 e. The van der Waals surface area contributed by atoms with Gasteiger partial charge in [-0.2, -0.15) is 0 Å². The van der Waals surface area contributed by atoms with Crippen LogP contribution in [0.2, 0.25) is 0 Å². The molecule has 19 heavy (non-hydrogen) atoms. The van der Waals surface area contributed by atoms with E-state index in [-0.39, 0.29) is 12.4 Å². The molecule has 0 amide bonds. The molecule has 0 heterocycles. The summed E-state index contributed by atoms with van der Waals surface area (Å²) >= 11 is 0. The average Bonchev–Trinajstić information content (AvgIpc) is 2.40. The number of unbranched alkanes of at least 4 members (excludes halogenated alkanes) is 10. The predicted molar refractivity (Wildman–Crippen MR) is 93.6 cm³/mol. The van der Waals surface area contributed by atoms with Gasteiger partial charge >= 0.3 is 0 Å². The summed E-state index contributed by atoms with van der Waals surface area (Å²) in [4.78, 5) is 0. The predicted octanol–water partition coefficient (Wildman–Crippen LogP) is 6.35. The van der Waals surface area contributed by atoms with E-state index in [0.29, 0.717) is 0 Å². The van der Waals surface area contributed by atoms with Crippen molar-refractivity contribution in [3.63, 3.8) is 0 Å². The number of hydrogen-bond acceptors (Lipinski definition) is 1. The zero-order chi connectivity index (χ0) is 13.9. The van der Waals surface area contributed by atoms with Crippen molar-refractivity contribution in [1.82, 2.24) is 5.32 Å². The van der Waals surface area contributed by atoms with E-state index in [1.165, 1.54) is 83.6 Å². The molecule has 1 N–H and O–H groups in total. The molecule has 0 rings (SSSR count). The van der Waals surface area contributed by atoms with Gasteiger partial charge in [-0.05, 0) is 20.0 Å². The second-order valence-corrected chi connectivity index (χ2v) is 5.29. The first-order chi connectivity index (χ1) is 8.83. The summed E-state index contributed by atoms with van der Waals surface area (Å²) in [6.45, 7) is 7.96. The van der Waals surface area contributed by atoms with E-state index in [1.807, 2.05) is 7.05 Å². The van der Waals surface area contributed by atoms with Crippen molar-refractivity contribution in [2.75, 3.05) is 13.6 Å². The maximum Gasteiger partial charge on any atom is -0.00519 e. The van der Waals surface area contributed by atoms with Crippen molar-refractivity contribution in [3.05, 3.63) is 0 Å². The molecule has 1 nitrogen and oxygen atoms in total. The van der Waals surface area contributed by atoms with Crippen molar-refractivity contribution in [2.45, 2.75) is 97.8 Å². The molecule has 120 valence electrons. The topological polar surface area (TPSA) is 12.0 Å². The van der Waals surface area contributed by atoms with Crippen LogP contribution in [-0.2, 0) is 0 Å². The zero-order valence-corrected chi connectivity index (χ0v) is 14.9. The van der Waals surface area contributed by atoms with E-state index < -0.39 is 0 Å². The van der Waals surface area contributed by atoms with Crippen LogP contribution in [0, 0.1) is 0 Å².